The van der Waals surface area contributed by atoms with E-state index in [-0.39, 0.29) is 13.0 Å². The maximum absolute atomic E-state index is 11.1. The quantitative estimate of drug-likeness (QED) is 0.402. The fourth-order valence-electron chi connectivity index (χ4n) is 0.974. The molecule has 2 amide bonds. The van der Waals surface area contributed by atoms with Crippen LogP contribution in [0.2, 0.25) is 0 Å². The van der Waals surface area contributed by atoms with Gasteiger partial charge in [-0.25, -0.2) is 0 Å². The third-order valence-corrected chi connectivity index (χ3v) is 1.61. The van der Waals surface area contributed by atoms with Crippen LogP contribution in [0.5, 0.6) is 0 Å². The third-order valence-electron chi connectivity index (χ3n) is 1.61. The van der Waals surface area contributed by atoms with E-state index < -0.39 is 24.0 Å². The Morgan fingerprint density at radius 3 is 2.43 bits per heavy atom. The number of rotatable bonds is 6. The number of hydrogen-bond donors (Lipinski definition) is 4. The standard InChI is InChI=1S/C8H17N3O3/c1-5(12)4-7(13)11-6(2-3-9)8(10)14/h5-6,12H,2-4,9H2,1H3,(H2,10,14)(H,11,13)/t5-,6+/m1/s1. The zero-order chi connectivity index (χ0) is 11.1. The van der Waals surface area contributed by atoms with E-state index in [2.05, 4.69) is 5.32 Å². The molecule has 6 N–H and O–H groups in total. The lowest BCUT2D eigenvalue weighted by Gasteiger charge is -2.14. The Hall–Kier alpha value is -1.14. The monoisotopic (exact) mass is 203 g/mol. The summed E-state index contributed by atoms with van der Waals surface area (Å²) in [5, 5.41) is 11.3. The second-order valence-electron chi connectivity index (χ2n) is 3.15. The summed E-state index contributed by atoms with van der Waals surface area (Å²) < 4.78 is 0. The molecule has 0 radical (unpaired) electrons. The number of primary amides is 1. The Morgan fingerprint density at radius 1 is 1.50 bits per heavy atom. The van der Waals surface area contributed by atoms with Crippen LogP contribution in [0.4, 0.5) is 0 Å². The molecule has 0 aromatic heterocycles. The molecule has 0 aromatic carbocycles. The van der Waals surface area contributed by atoms with Gasteiger partial charge in [0.15, 0.2) is 0 Å². The topological polar surface area (TPSA) is 118 Å². The Bertz CT molecular complexity index is 206. The predicted molar refractivity (Wildman–Crippen MR) is 51.1 cm³/mol. The van der Waals surface area contributed by atoms with Gasteiger partial charge in [0, 0.05) is 0 Å². The SMILES string of the molecule is C[C@@H](O)CC(=O)N[C@@H](CCN)C(N)=O. The van der Waals surface area contributed by atoms with Gasteiger partial charge in [-0.1, -0.05) is 0 Å². The van der Waals surface area contributed by atoms with E-state index in [9.17, 15) is 9.59 Å². The molecule has 6 nitrogen and oxygen atoms in total. The lowest BCUT2D eigenvalue weighted by molar-refractivity contribution is -0.128. The third kappa shape index (κ3) is 5.50. The molecule has 0 unspecified atom stereocenters. The van der Waals surface area contributed by atoms with Gasteiger partial charge in [-0.2, -0.15) is 0 Å². The zero-order valence-electron chi connectivity index (χ0n) is 8.19. The van der Waals surface area contributed by atoms with Crippen LogP contribution in [0.15, 0.2) is 0 Å². The van der Waals surface area contributed by atoms with Crippen molar-refractivity contribution in [2.45, 2.75) is 31.9 Å². The van der Waals surface area contributed by atoms with Crippen LogP contribution in [0, 0.1) is 0 Å². The molecule has 0 fully saturated rings. The van der Waals surface area contributed by atoms with Gasteiger partial charge >= 0.3 is 0 Å². The molecule has 0 spiro atoms. The Morgan fingerprint density at radius 2 is 2.07 bits per heavy atom. The van der Waals surface area contributed by atoms with Crippen molar-refractivity contribution in [1.82, 2.24) is 5.32 Å². The minimum Gasteiger partial charge on any atom is -0.393 e. The Labute approximate surface area is 82.6 Å². The summed E-state index contributed by atoms with van der Waals surface area (Å²) in [5.41, 5.74) is 10.3. The molecule has 82 valence electrons. The fraction of sp³-hybridized carbons (Fsp3) is 0.750. The van der Waals surface area contributed by atoms with Crippen LogP contribution in [-0.4, -0.2) is 35.6 Å². The van der Waals surface area contributed by atoms with E-state index in [0.29, 0.717) is 6.42 Å². The van der Waals surface area contributed by atoms with Crippen molar-refractivity contribution in [2.75, 3.05) is 6.54 Å². The smallest absolute Gasteiger partial charge is 0.240 e. The van der Waals surface area contributed by atoms with Crippen molar-refractivity contribution in [3.05, 3.63) is 0 Å². The van der Waals surface area contributed by atoms with Gasteiger partial charge in [0.1, 0.15) is 6.04 Å². The van der Waals surface area contributed by atoms with E-state index in [0.717, 1.165) is 0 Å². The highest BCUT2D eigenvalue weighted by molar-refractivity contribution is 5.86. The first-order chi connectivity index (χ1) is 6.47. The lowest BCUT2D eigenvalue weighted by atomic mass is 10.2. The molecule has 0 rings (SSSR count). The molecule has 0 aromatic rings. The molecule has 2 atom stereocenters. The first-order valence-electron chi connectivity index (χ1n) is 4.44. The Kier molecular flexibility index (Phi) is 5.82. The van der Waals surface area contributed by atoms with Gasteiger partial charge in [-0.05, 0) is 19.9 Å². The summed E-state index contributed by atoms with van der Waals surface area (Å²) >= 11 is 0. The van der Waals surface area contributed by atoms with Gasteiger partial charge in [0.05, 0.1) is 12.5 Å². The maximum atomic E-state index is 11.1. The second-order valence-corrected chi connectivity index (χ2v) is 3.15. The second kappa shape index (κ2) is 6.33. The Balaban J connectivity index is 4.02. The number of nitrogens with two attached hydrogens (primary N) is 2. The van der Waals surface area contributed by atoms with Crippen LogP contribution in [0.1, 0.15) is 19.8 Å². The molecule has 0 aliphatic carbocycles. The van der Waals surface area contributed by atoms with Crippen LogP contribution in [-0.2, 0) is 9.59 Å². The fourth-order valence-corrected chi connectivity index (χ4v) is 0.974. The summed E-state index contributed by atoms with van der Waals surface area (Å²) in [7, 11) is 0. The van der Waals surface area contributed by atoms with E-state index in [1.54, 1.807) is 0 Å². The number of aliphatic hydroxyl groups excluding tert-OH is 1. The van der Waals surface area contributed by atoms with E-state index in [1.807, 2.05) is 0 Å². The average molecular weight is 203 g/mol. The summed E-state index contributed by atoms with van der Waals surface area (Å²) in [6.45, 7) is 1.75. The number of hydrogen-bond acceptors (Lipinski definition) is 4. The van der Waals surface area contributed by atoms with E-state index in [4.69, 9.17) is 16.6 Å². The van der Waals surface area contributed by atoms with Crippen molar-refractivity contribution in [3.63, 3.8) is 0 Å². The number of amides is 2. The molecule has 0 aliphatic heterocycles. The van der Waals surface area contributed by atoms with Gasteiger partial charge in [-0.15, -0.1) is 0 Å². The summed E-state index contributed by atoms with van der Waals surface area (Å²) in [6.07, 6.45) is -0.476. The number of carbonyl (C=O) groups excluding carboxylic acids is 2. The van der Waals surface area contributed by atoms with Crippen molar-refractivity contribution < 1.29 is 14.7 Å². The number of aliphatic hydroxyl groups is 1. The van der Waals surface area contributed by atoms with Crippen molar-refractivity contribution in [1.29, 1.82) is 0 Å². The normalized spacial score (nSPS) is 14.5. The van der Waals surface area contributed by atoms with E-state index >= 15 is 0 Å². The molecule has 0 saturated carbocycles. The highest BCUT2D eigenvalue weighted by Crippen LogP contribution is 1.93. The zero-order valence-corrected chi connectivity index (χ0v) is 8.19. The molecule has 0 saturated heterocycles. The van der Waals surface area contributed by atoms with Crippen LogP contribution >= 0.6 is 0 Å². The van der Waals surface area contributed by atoms with E-state index in [1.165, 1.54) is 6.92 Å². The van der Waals surface area contributed by atoms with Crippen LogP contribution in [0.25, 0.3) is 0 Å². The minimum absolute atomic E-state index is 0.0473. The molecule has 6 heteroatoms. The number of carbonyl (C=O) groups is 2. The van der Waals surface area contributed by atoms with Gasteiger partial charge < -0.3 is 21.9 Å². The molecule has 0 aliphatic rings. The first kappa shape index (κ1) is 12.9. The summed E-state index contributed by atoms with van der Waals surface area (Å²) in [5.74, 6) is -1.02. The highest BCUT2D eigenvalue weighted by Gasteiger charge is 2.17. The summed E-state index contributed by atoms with van der Waals surface area (Å²) in [6, 6.07) is -0.744. The molecule has 0 heterocycles. The van der Waals surface area contributed by atoms with Crippen LogP contribution < -0.4 is 16.8 Å². The van der Waals surface area contributed by atoms with Crippen LogP contribution in [0.3, 0.4) is 0 Å². The average Bonchev–Trinajstić information content (AvgIpc) is 2.01. The minimum atomic E-state index is -0.744. The van der Waals surface area contributed by atoms with Crippen molar-refractivity contribution in [2.24, 2.45) is 11.5 Å². The van der Waals surface area contributed by atoms with Crippen molar-refractivity contribution >= 4 is 11.8 Å². The molecular weight excluding hydrogens is 186 g/mol. The summed E-state index contributed by atoms with van der Waals surface area (Å²) in [4.78, 5) is 21.9. The molecule has 0 bridgehead atoms. The highest BCUT2D eigenvalue weighted by atomic mass is 16.3. The van der Waals surface area contributed by atoms with Gasteiger partial charge in [0.2, 0.25) is 11.8 Å². The molecular formula is C8H17N3O3. The van der Waals surface area contributed by atoms with Gasteiger partial charge in [0.25, 0.3) is 0 Å². The largest absolute Gasteiger partial charge is 0.393 e. The number of nitrogens with one attached hydrogen (secondary N) is 1. The first-order valence-corrected chi connectivity index (χ1v) is 4.44. The predicted octanol–water partition coefficient (Wildman–Crippen LogP) is -1.92. The van der Waals surface area contributed by atoms with Crippen molar-refractivity contribution in [3.8, 4) is 0 Å². The van der Waals surface area contributed by atoms with Gasteiger partial charge in [-0.3, -0.25) is 9.59 Å². The maximum Gasteiger partial charge on any atom is 0.240 e. The lowest BCUT2D eigenvalue weighted by Crippen LogP contribution is -2.46. The molecule has 14 heavy (non-hydrogen) atoms.